The smallest absolute Gasteiger partial charge is 0.259 e. The van der Waals surface area contributed by atoms with Gasteiger partial charge in [-0.3, -0.25) is 4.79 Å². The molecule has 0 atom stereocenters. The van der Waals surface area contributed by atoms with E-state index >= 15 is 0 Å². The Bertz CT molecular complexity index is 304. The molecule has 0 saturated carbocycles. The number of hydrogen-bond acceptors (Lipinski definition) is 5. The lowest BCUT2D eigenvalue weighted by atomic mass is 10.3. The first kappa shape index (κ1) is 8.25. The number of nitrogen functional groups attached to an aromatic ring is 1. The molecule has 0 bridgehead atoms. The van der Waals surface area contributed by atoms with E-state index in [0.717, 1.165) is 0 Å². The Morgan fingerprint density at radius 1 is 1.92 bits per heavy atom. The third-order valence-corrected chi connectivity index (χ3v) is 1.12. The molecule has 0 aliphatic carbocycles. The minimum absolute atomic E-state index is 0.0227. The van der Waals surface area contributed by atoms with Gasteiger partial charge in [-0.2, -0.15) is 0 Å². The third kappa shape index (κ3) is 1.60. The summed E-state index contributed by atoms with van der Waals surface area (Å²) >= 11 is 0. The maximum atomic E-state index is 10.3. The molecule has 3 N–H and O–H groups in total. The second-order valence-electron chi connectivity index (χ2n) is 1.90. The molecule has 6 heteroatoms. The van der Waals surface area contributed by atoms with E-state index in [9.17, 15) is 4.79 Å². The number of carbonyl (C=O) groups excluding carboxylic acids is 1. The van der Waals surface area contributed by atoms with Crippen molar-refractivity contribution in [2.45, 2.75) is 0 Å². The van der Waals surface area contributed by atoms with Crippen molar-refractivity contribution in [1.29, 1.82) is 0 Å². The van der Waals surface area contributed by atoms with Crippen LogP contribution in [-0.2, 0) is 9.63 Å². The zero-order chi connectivity index (χ0) is 8.97. The van der Waals surface area contributed by atoms with Gasteiger partial charge in [0.05, 0.1) is 0 Å². The van der Waals surface area contributed by atoms with Crippen molar-refractivity contribution in [2.24, 2.45) is 5.16 Å². The van der Waals surface area contributed by atoms with Gasteiger partial charge in [0.15, 0.2) is 11.7 Å². The first-order valence-corrected chi connectivity index (χ1v) is 3.08. The SMILES string of the molecule is CO/N=C(\[C]=O)c1c[nH]c(N)n1. The van der Waals surface area contributed by atoms with Crippen LogP contribution in [0.5, 0.6) is 0 Å². The largest absolute Gasteiger partial charge is 0.398 e. The van der Waals surface area contributed by atoms with Crippen LogP contribution in [0.25, 0.3) is 0 Å². The highest BCUT2D eigenvalue weighted by molar-refractivity contribution is 6.35. The fraction of sp³-hybridized carbons (Fsp3) is 0.167. The standard InChI is InChI=1S/C6H7N4O2/c1-12-10-5(3-11)4-2-8-6(7)9-4/h2H,1H3,(H3,7,8,9)/b10-5+. The molecule has 1 aromatic rings. The van der Waals surface area contributed by atoms with Gasteiger partial charge in [-0.1, -0.05) is 5.16 Å². The summed E-state index contributed by atoms with van der Waals surface area (Å²) in [6.45, 7) is 0. The molecule has 0 unspecified atom stereocenters. The summed E-state index contributed by atoms with van der Waals surface area (Å²) in [6, 6.07) is 0. The molecule has 0 aromatic carbocycles. The molecular weight excluding hydrogens is 160 g/mol. The Labute approximate surface area is 68.4 Å². The molecule has 1 rings (SSSR count). The number of nitrogens with one attached hydrogen (secondary N) is 1. The van der Waals surface area contributed by atoms with Gasteiger partial charge in [0.1, 0.15) is 12.8 Å². The molecule has 0 aliphatic rings. The number of H-pyrrole nitrogens is 1. The molecule has 6 nitrogen and oxygen atoms in total. The summed E-state index contributed by atoms with van der Waals surface area (Å²) in [7, 11) is 1.33. The van der Waals surface area contributed by atoms with Crippen LogP contribution < -0.4 is 5.73 Å². The van der Waals surface area contributed by atoms with Crippen molar-refractivity contribution in [1.82, 2.24) is 9.97 Å². The first-order valence-electron chi connectivity index (χ1n) is 3.08. The van der Waals surface area contributed by atoms with Crippen molar-refractivity contribution in [3.8, 4) is 0 Å². The van der Waals surface area contributed by atoms with Crippen molar-refractivity contribution < 1.29 is 9.63 Å². The predicted octanol–water partition coefficient (Wildman–Crippen LogP) is -0.548. The van der Waals surface area contributed by atoms with Crippen molar-refractivity contribution in [2.75, 3.05) is 12.8 Å². The zero-order valence-corrected chi connectivity index (χ0v) is 6.37. The van der Waals surface area contributed by atoms with Crippen LogP contribution in [0.4, 0.5) is 5.95 Å². The Kier molecular flexibility index (Phi) is 2.42. The highest BCUT2D eigenvalue weighted by Crippen LogP contribution is 1.98. The summed E-state index contributed by atoms with van der Waals surface area (Å²) in [4.78, 5) is 21.0. The van der Waals surface area contributed by atoms with Gasteiger partial charge < -0.3 is 15.6 Å². The molecule has 12 heavy (non-hydrogen) atoms. The summed E-state index contributed by atoms with van der Waals surface area (Å²) in [5.41, 5.74) is 5.56. The van der Waals surface area contributed by atoms with Crippen molar-refractivity contribution >= 4 is 17.9 Å². The van der Waals surface area contributed by atoms with E-state index < -0.39 is 0 Å². The molecule has 1 radical (unpaired) electrons. The Hall–Kier alpha value is -1.85. The van der Waals surface area contributed by atoms with Crippen molar-refractivity contribution in [3.05, 3.63) is 11.9 Å². The minimum atomic E-state index is -0.0227. The number of oxime groups is 1. The maximum absolute atomic E-state index is 10.3. The third-order valence-electron chi connectivity index (χ3n) is 1.12. The number of hydrogen-bond donors (Lipinski definition) is 2. The lowest BCUT2D eigenvalue weighted by molar-refractivity contribution is 0.214. The number of aromatic amines is 1. The summed E-state index contributed by atoms with van der Waals surface area (Å²) in [5, 5.41) is 3.38. The van der Waals surface area contributed by atoms with E-state index in [-0.39, 0.29) is 11.7 Å². The lowest BCUT2D eigenvalue weighted by Crippen LogP contribution is -2.03. The van der Waals surface area contributed by atoms with Crippen LogP contribution >= 0.6 is 0 Å². The predicted molar refractivity (Wildman–Crippen MR) is 42.2 cm³/mol. The Morgan fingerprint density at radius 3 is 3.08 bits per heavy atom. The number of nitrogens with zero attached hydrogens (tertiary/aromatic N) is 2. The molecule has 0 saturated heterocycles. The van der Waals surface area contributed by atoms with Crippen LogP contribution in [-0.4, -0.2) is 29.1 Å². The second kappa shape index (κ2) is 3.51. The number of anilines is 1. The van der Waals surface area contributed by atoms with Gasteiger partial charge in [-0.15, -0.1) is 0 Å². The molecular formula is C6H7N4O2. The van der Waals surface area contributed by atoms with Gasteiger partial charge in [0.2, 0.25) is 0 Å². The van der Waals surface area contributed by atoms with E-state index in [1.54, 1.807) is 6.29 Å². The lowest BCUT2D eigenvalue weighted by Gasteiger charge is -1.89. The van der Waals surface area contributed by atoms with Gasteiger partial charge in [0.25, 0.3) is 6.29 Å². The molecule has 1 heterocycles. The second-order valence-corrected chi connectivity index (χ2v) is 1.90. The molecule has 0 spiro atoms. The van der Waals surface area contributed by atoms with Crippen LogP contribution in [0.2, 0.25) is 0 Å². The summed E-state index contributed by atoms with van der Waals surface area (Å²) in [5.74, 6) is 0.212. The van der Waals surface area contributed by atoms with Crippen LogP contribution in [0.3, 0.4) is 0 Å². The minimum Gasteiger partial charge on any atom is -0.398 e. The quantitative estimate of drug-likeness (QED) is 0.466. The molecule has 0 amide bonds. The number of aromatic nitrogens is 2. The fourth-order valence-corrected chi connectivity index (χ4v) is 0.667. The zero-order valence-electron chi connectivity index (χ0n) is 6.37. The maximum Gasteiger partial charge on any atom is 0.259 e. The van der Waals surface area contributed by atoms with Crippen LogP contribution in [0.15, 0.2) is 11.4 Å². The summed E-state index contributed by atoms with van der Waals surface area (Å²) < 4.78 is 0. The summed E-state index contributed by atoms with van der Waals surface area (Å²) in [6.07, 6.45) is 3.01. The van der Waals surface area contributed by atoms with Gasteiger partial charge >= 0.3 is 0 Å². The van der Waals surface area contributed by atoms with E-state index in [4.69, 9.17) is 5.73 Å². The average molecular weight is 167 g/mol. The van der Waals surface area contributed by atoms with E-state index in [0.29, 0.717) is 5.69 Å². The highest BCUT2D eigenvalue weighted by atomic mass is 16.6. The molecule has 1 aromatic heterocycles. The van der Waals surface area contributed by atoms with Gasteiger partial charge in [-0.25, -0.2) is 4.98 Å². The van der Waals surface area contributed by atoms with Gasteiger partial charge in [0, 0.05) is 6.20 Å². The normalized spacial score (nSPS) is 11.2. The van der Waals surface area contributed by atoms with Gasteiger partial charge in [-0.05, 0) is 0 Å². The highest BCUT2D eigenvalue weighted by Gasteiger charge is 2.07. The van der Waals surface area contributed by atoms with Crippen molar-refractivity contribution in [3.63, 3.8) is 0 Å². The van der Waals surface area contributed by atoms with E-state index in [2.05, 4.69) is 20.0 Å². The Balaban J connectivity index is 2.94. The van der Waals surface area contributed by atoms with Crippen LogP contribution in [0.1, 0.15) is 5.69 Å². The fourth-order valence-electron chi connectivity index (χ4n) is 0.667. The Morgan fingerprint density at radius 2 is 2.67 bits per heavy atom. The number of nitrogens with two attached hydrogens (primary N) is 1. The average Bonchev–Trinajstić information content (AvgIpc) is 2.47. The number of rotatable bonds is 3. The molecule has 63 valence electrons. The molecule has 0 fully saturated rings. The number of imidazole rings is 1. The van der Waals surface area contributed by atoms with E-state index in [1.807, 2.05) is 0 Å². The van der Waals surface area contributed by atoms with Crippen LogP contribution in [0, 0.1) is 0 Å². The van der Waals surface area contributed by atoms with E-state index in [1.165, 1.54) is 13.3 Å². The monoisotopic (exact) mass is 167 g/mol. The first-order chi connectivity index (χ1) is 5.77. The topological polar surface area (TPSA) is 93.4 Å². The molecule has 0 aliphatic heterocycles.